The van der Waals surface area contributed by atoms with Crippen LogP contribution in [-0.2, 0) is 0 Å². The van der Waals surface area contributed by atoms with Gasteiger partial charge in [0.25, 0.3) is 0 Å². The first kappa shape index (κ1) is 14.9. The monoisotopic (exact) mass is 278 g/mol. The van der Waals surface area contributed by atoms with E-state index in [2.05, 4.69) is 28.7 Å². The molecule has 1 aromatic heterocycles. The Hall–Kier alpha value is -1.52. The average molecular weight is 278 g/mol. The van der Waals surface area contributed by atoms with E-state index in [0.717, 1.165) is 30.7 Å². The molecule has 0 spiro atoms. The van der Waals surface area contributed by atoms with Crippen molar-refractivity contribution in [2.24, 2.45) is 11.8 Å². The zero-order valence-corrected chi connectivity index (χ0v) is 12.8. The number of hydrogen-bond donors (Lipinski definition) is 1. The van der Waals surface area contributed by atoms with Crippen molar-refractivity contribution in [3.8, 4) is 5.88 Å². The Morgan fingerprint density at radius 2 is 2.15 bits per heavy atom. The number of aromatic nitrogens is 2. The van der Waals surface area contributed by atoms with Gasteiger partial charge in [-0.25, -0.2) is 4.98 Å². The topological polar surface area (TPSA) is 64.3 Å². The highest BCUT2D eigenvalue weighted by Crippen LogP contribution is 2.31. The van der Waals surface area contributed by atoms with Crippen LogP contribution in [0.15, 0.2) is 6.33 Å². The van der Waals surface area contributed by atoms with Gasteiger partial charge in [-0.2, -0.15) is 4.98 Å². The fraction of sp³-hybridized carbons (Fsp3) is 0.733. The Kier molecular flexibility index (Phi) is 5.04. The lowest BCUT2D eigenvalue weighted by atomic mass is 9.89. The molecule has 0 aromatic carbocycles. The molecule has 5 heteroatoms. The number of ether oxygens (including phenoxy) is 1. The van der Waals surface area contributed by atoms with Gasteiger partial charge in [-0.1, -0.05) is 13.8 Å². The van der Waals surface area contributed by atoms with Gasteiger partial charge in [0.15, 0.2) is 5.82 Å². The maximum atomic E-state index is 6.15. The van der Waals surface area contributed by atoms with E-state index in [9.17, 15) is 0 Å². The summed E-state index contributed by atoms with van der Waals surface area (Å²) in [6.07, 6.45) is 5.22. The van der Waals surface area contributed by atoms with Crippen LogP contribution in [0.1, 0.15) is 40.0 Å². The first-order chi connectivity index (χ1) is 9.63. The van der Waals surface area contributed by atoms with Crippen molar-refractivity contribution < 1.29 is 4.74 Å². The SMILES string of the molecule is CCOc1ncnc(N2CCCC(C(C)C)CC2)c1N. The third-order valence-corrected chi connectivity index (χ3v) is 4.12. The quantitative estimate of drug-likeness (QED) is 0.917. The van der Waals surface area contributed by atoms with Crippen LogP contribution in [0.3, 0.4) is 0 Å². The molecular weight excluding hydrogens is 252 g/mol. The highest BCUT2D eigenvalue weighted by molar-refractivity contribution is 5.67. The lowest BCUT2D eigenvalue weighted by molar-refractivity contribution is 0.328. The first-order valence-corrected chi connectivity index (χ1v) is 7.61. The minimum atomic E-state index is 0.502. The summed E-state index contributed by atoms with van der Waals surface area (Å²) in [5.41, 5.74) is 6.72. The van der Waals surface area contributed by atoms with Crippen molar-refractivity contribution >= 4 is 11.5 Å². The molecular formula is C15H26N4O. The second kappa shape index (κ2) is 6.77. The minimum Gasteiger partial charge on any atom is -0.476 e. The van der Waals surface area contributed by atoms with Crippen molar-refractivity contribution in [3.63, 3.8) is 0 Å². The van der Waals surface area contributed by atoms with Crippen LogP contribution in [0, 0.1) is 11.8 Å². The molecule has 0 bridgehead atoms. The molecule has 5 nitrogen and oxygen atoms in total. The van der Waals surface area contributed by atoms with E-state index in [1.165, 1.54) is 19.3 Å². The fourth-order valence-corrected chi connectivity index (χ4v) is 2.88. The van der Waals surface area contributed by atoms with Crippen molar-refractivity contribution in [2.45, 2.75) is 40.0 Å². The second-order valence-corrected chi connectivity index (χ2v) is 5.77. The molecule has 0 saturated carbocycles. The molecule has 1 aromatic rings. The average Bonchev–Trinajstić information content (AvgIpc) is 2.67. The highest BCUT2D eigenvalue weighted by atomic mass is 16.5. The molecule has 1 unspecified atom stereocenters. The van der Waals surface area contributed by atoms with Gasteiger partial charge in [0.05, 0.1) is 6.61 Å². The Labute approximate surface area is 121 Å². The van der Waals surface area contributed by atoms with E-state index in [-0.39, 0.29) is 0 Å². The number of anilines is 2. The van der Waals surface area contributed by atoms with E-state index >= 15 is 0 Å². The number of nitrogens with zero attached hydrogens (tertiary/aromatic N) is 3. The van der Waals surface area contributed by atoms with Gasteiger partial charge in [0.1, 0.15) is 12.0 Å². The van der Waals surface area contributed by atoms with Gasteiger partial charge in [0.2, 0.25) is 5.88 Å². The van der Waals surface area contributed by atoms with E-state index in [0.29, 0.717) is 18.2 Å². The number of nitrogen functional groups attached to an aromatic ring is 1. The van der Waals surface area contributed by atoms with Crippen molar-refractivity contribution in [1.82, 2.24) is 9.97 Å². The zero-order chi connectivity index (χ0) is 14.5. The van der Waals surface area contributed by atoms with Crippen molar-refractivity contribution in [2.75, 3.05) is 30.3 Å². The third-order valence-electron chi connectivity index (χ3n) is 4.12. The summed E-state index contributed by atoms with van der Waals surface area (Å²) in [4.78, 5) is 10.8. The molecule has 2 heterocycles. The summed E-state index contributed by atoms with van der Waals surface area (Å²) in [6, 6.07) is 0. The zero-order valence-electron chi connectivity index (χ0n) is 12.8. The van der Waals surface area contributed by atoms with E-state index in [1.807, 2.05) is 6.92 Å². The van der Waals surface area contributed by atoms with Crippen LogP contribution in [-0.4, -0.2) is 29.7 Å². The Morgan fingerprint density at radius 3 is 2.85 bits per heavy atom. The van der Waals surface area contributed by atoms with Crippen LogP contribution in [0.25, 0.3) is 0 Å². The van der Waals surface area contributed by atoms with Crippen LogP contribution in [0.2, 0.25) is 0 Å². The fourth-order valence-electron chi connectivity index (χ4n) is 2.88. The lowest BCUT2D eigenvalue weighted by Crippen LogP contribution is -2.26. The van der Waals surface area contributed by atoms with Crippen LogP contribution in [0.4, 0.5) is 11.5 Å². The van der Waals surface area contributed by atoms with Crippen molar-refractivity contribution in [3.05, 3.63) is 6.33 Å². The summed E-state index contributed by atoms with van der Waals surface area (Å²) in [6.45, 7) is 9.14. The largest absolute Gasteiger partial charge is 0.476 e. The molecule has 112 valence electrons. The van der Waals surface area contributed by atoms with Crippen LogP contribution < -0.4 is 15.4 Å². The number of rotatable bonds is 4. The Balaban J connectivity index is 2.13. The van der Waals surface area contributed by atoms with Gasteiger partial charge in [0, 0.05) is 13.1 Å². The lowest BCUT2D eigenvalue weighted by Gasteiger charge is -2.24. The predicted molar refractivity (Wildman–Crippen MR) is 82.0 cm³/mol. The molecule has 2 N–H and O–H groups in total. The molecule has 1 saturated heterocycles. The molecule has 2 rings (SSSR count). The summed E-state index contributed by atoms with van der Waals surface area (Å²) in [5.74, 6) is 2.88. The summed E-state index contributed by atoms with van der Waals surface area (Å²) < 4.78 is 5.46. The summed E-state index contributed by atoms with van der Waals surface area (Å²) >= 11 is 0. The molecule has 1 atom stereocenters. The predicted octanol–water partition coefficient (Wildman–Crippen LogP) is 2.72. The number of nitrogens with two attached hydrogens (primary N) is 1. The van der Waals surface area contributed by atoms with Gasteiger partial charge in [-0.05, 0) is 38.0 Å². The standard InChI is InChI=1S/C15H26N4O/c1-4-20-15-13(16)14(17-10-18-15)19-8-5-6-12(7-9-19)11(2)3/h10-12H,4-9,16H2,1-3H3. The van der Waals surface area contributed by atoms with Gasteiger partial charge in [-0.15, -0.1) is 0 Å². The van der Waals surface area contributed by atoms with Gasteiger partial charge >= 0.3 is 0 Å². The maximum absolute atomic E-state index is 6.15. The van der Waals surface area contributed by atoms with E-state index < -0.39 is 0 Å². The van der Waals surface area contributed by atoms with Gasteiger partial charge in [-0.3, -0.25) is 0 Å². The molecule has 0 amide bonds. The molecule has 1 fully saturated rings. The molecule has 20 heavy (non-hydrogen) atoms. The summed E-state index contributed by atoms with van der Waals surface area (Å²) in [7, 11) is 0. The smallest absolute Gasteiger partial charge is 0.242 e. The first-order valence-electron chi connectivity index (χ1n) is 7.61. The van der Waals surface area contributed by atoms with Crippen LogP contribution >= 0.6 is 0 Å². The Morgan fingerprint density at radius 1 is 1.35 bits per heavy atom. The number of hydrogen-bond acceptors (Lipinski definition) is 5. The molecule has 0 aliphatic carbocycles. The molecule has 1 aliphatic rings. The second-order valence-electron chi connectivity index (χ2n) is 5.77. The molecule has 1 aliphatic heterocycles. The third kappa shape index (κ3) is 3.32. The minimum absolute atomic E-state index is 0.502. The van der Waals surface area contributed by atoms with Crippen molar-refractivity contribution in [1.29, 1.82) is 0 Å². The summed E-state index contributed by atoms with van der Waals surface area (Å²) in [5, 5.41) is 0. The molecule has 0 radical (unpaired) electrons. The Bertz CT molecular complexity index is 436. The van der Waals surface area contributed by atoms with Crippen LogP contribution in [0.5, 0.6) is 5.88 Å². The van der Waals surface area contributed by atoms with E-state index in [4.69, 9.17) is 10.5 Å². The normalized spacial score (nSPS) is 20.0. The maximum Gasteiger partial charge on any atom is 0.242 e. The van der Waals surface area contributed by atoms with Gasteiger partial charge < -0.3 is 15.4 Å². The van der Waals surface area contributed by atoms with E-state index in [1.54, 1.807) is 6.33 Å². The highest BCUT2D eigenvalue weighted by Gasteiger charge is 2.22.